The molecule has 0 aliphatic heterocycles. The van der Waals surface area contributed by atoms with Gasteiger partial charge in [0.1, 0.15) is 17.3 Å². The minimum Gasteiger partial charge on any atom is -0.378 e. The van der Waals surface area contributed by atoms with Crippen LogP contribution in [0.4, 0.5) is 20.2 Å². The van der Waals surface area contributed by atoms with Crippen molar-refractivity contribution in [1.29, 1.82) is 0 Å². The van der Waals surface area contributed by atoms with Crippen LogP contribution in [0.25, 0.3) is 0 Å². The molecule has 2 amide bonds. The molecule has 2 rings (SSSR count). The molecule has 10 nitrogen and oxygen atoms in total. The summed E-state index contributed by atoms with van der Waals surface area (Å²) in [5, 5.41) is 18.8. The molecule has 2 aromatic rings. The lowest BCUT2D eigenvalue weighted by Gasteiger charge is -2.10. The maximum atomic E-state index is 13.5. The van der Waals surface area contributed by atoms with Crippen LogP contribution in [0.1, 0.15) is 16.8 Å². The fourth-order valence-electron chi connectivity index (χ4n) is 2.59. The Balaban J connectivity index is 1.78. The summed E-state index contributed by atoms with van der Waals surface area (Å²) in [7, 11) is -3.61. The first-order chi connectivity index (χ1) is 15.0. The molecule has 0 aliphatic carbocycles. The smallest absolute Gasteiger partial charge is 0.293 e. The molecular formula is C19H20F2N4O6S. The first kappa shape index (κ1) is 24.7. The standard InChI is InChI=1S/C19H20F2N4O6S/c1-32(30,31)13-3-5-16(17(11-13)25(28)29)22-8-9-23-18(26)6-7-24-19(27)14-4-2-12(20)10-15(14)21/h2-5,10-11,22H,6-9H2,1H3,(H,23,26)(H,24,27). The number of anilines is 1. The lowest BCUT2D eigenvalue weighted by Crippen LogP contribution is -2.33. The Morgan fingerprint density at radius 2 is 1.75 bits per heavy atom. The number of rotatable bonds is 10. The molecule has 0 spiro atoms. The molecule has 0 saturated heterocycles. The highest BCUT2D eigenvalue weighted by Crippen LogP contribution is 2.27. The molecule has 0 aliphatic rings. The number of nitrogens with zero attached hydrogens (tertiary/aromatic N) is 1. The van der Waals surface area contributed by atoms with Crippen molar-refractivity contribution in [2.75, 3.05) is 31.2 Å². The van der Waals surface area contributed by atoms with E-state index in [9.17, 15) is 36.9 Å². The molecule has 172 valence electrons. The van der Waals surface area contributed by atoms with Crippen molar-refractivity contribution in [3.63, 3.8) is 0 Å². The number of hydrogen-bond donors (Lipinski definition) is 3. The average molecular weight is 470 g/mol. The number of amides is 2. The lowest BCUT2D eigenvalue weighted by molar-refractivity contribution is -0.384. The summed E-state index contributed by atoms with van der Waals surface area (Å²) in [6.45, 7) is 0.107. The van der Waals surface area contributed by atoms with Crippen molar-refractivity contribution in [3.05, 3.63) is 63.7 Å². The minimum absolute atomic E-state index is 0.0877. The van der Waals surface area contributed by atoms with Gasteiger partial charge in [-0.1, -0.05) is 0 Å². The van der Waals surface area contributed by atoms with E-state index in [1.807, 2.05) is 0 Å². The van der Waals surface area contributed by atoms with E-state index in [2.05, 4.69) is 16.0 Å². The predicted octanol–water partition coefficient (Wildman–Crippen LogP) is 1.62. The molecule has 13 heteroatoms. The second kappa shape index (κ2) is 10.6. The van der Waals surface area contributed by atoms with Gasteiger partial charge in [-0.2, -0.15) is 0 Å². The number of nitro benzene ring substituents is 1. The quantitative estimate of drug-likeness (QED) is 0.272. The van der Waals surface area contributed by atoms with Crippen LogP contribution in [-0.4, -0.2) is 51.0 Å². The number of nitrogens with one attached hydrogen (secondary N) is 3. The Bertz CT molecular complexity index is 1140. The summed E-state index contributed by atoms with van der Waals surface area (Å²) in [5.41, 5.74) is -0.681. The van der Waals surface area contributed by atoms with Gasteiger partial charge >= 0.3 is 0 Å². The van der Waals surface area contributed by atoms with Crippen LogP contribution in [0.3, 0.4) is 0 Å². The molecular weight excluding hydrogens is 450 g/mol. The van der Waals surface area contributed by atoms with Gasteiger partial charge in [-0.25, -0.2) is 17.2 Å². The van der Waals surface area contributed by atoms with E-state index in [4.69, 9.17) is 0 Å². The number of carbonyl (C=O) groups is 2. The Labute approximate surface area is 182 Å². The van der Waals surface area contributed by atoms with Crippen molar-refractivity contribution in [3.8, 4) is 0 Å². The summed E-state index contributed by atoms with van der Waals surface area (Å²) in [5.74, 6) is -3.06. The van der Waals surface area contributed by atoms with Gasteiger partial charge in [0.2, 0.25) is 5.91 Å². The summed E-state index contributed by atoms with van der Waals surface area (Å²) in [4.78, 5) is 33.9. The van der Waals surface area contributed by atoms with Crippen molar-refractivity contribution in [1.82, 2.24) is 10.6 Å². The van der Waals surface area contributed by atoms with Gasteiger partial charge in [0, 0.05) is 44.4 Å². The first-order valence-electron chi connectivity index (χ1n) is 9.21. The second-order valence-electron chi connectivity index (χ2n) is 6.62. The molecule has 2 aromatic carbocycles. The van der Waals surface area contributed by atoms with Gasteiger partial charge < -0.3 is 16.0 Å². The van der Waals surface area contributed by atoms with Gasteiger partial charge in [-0.15, -0.1) is 0 Å². The highest BCUT2D eigenvalue weighted by Gasteiger charge is 2.18. The minimum atomic E-state index is -3.61. The highest BCUT2D eigenvalue weighted by atomic mass is 32.2. The number of benzene rings is 2. The summed E-state index contributed by atoms with van der Waals surface area (Å²) < 4.78 is 49.5. The van der Waals surface area contributed by atoms with Crippen LogP contribution in [-0.2, 0) is 14.6 Å². The number of carbonyl (C=O) groups excluding carboxylic acids is 2. The Morgan fingerprint density at radius 3 is 2.38 bits per heavy atom. The molecule has 0 atom stereocenters. The third-order valence-corrected chi connectivity index (χ3v) is 5.28. The summed E-state index contributed by atoms with van der Waals surface area (Å²) in [6.07, 6.45) is 0.824. The zero-order valence-electron chi connectivity index (χ0n) is 16.9. The normalized spacial score (nSPS) is 11.0. The number of sulfone groups is 1. The van der Waals surface area contributed by atoms with Gasteiger partial charge in [0.05, 0.1) is 15.4 Å². The van der Waals surface area contributed by atoms with E-state index < -0.39 is 43.9 Å². The fourth-order valence-corrected chi connectivity index (χ4v) is 3.23. The Morgan fingerprint density at radius 1 is 1.03 bits per heavy atom. The third kappa shape index (κ3) is 6.97. The average Bonchev–Trinajstić information content (AvgIpc) is 2.70. The predicted molar refractivity (Wildman–Crippen MR) is 111 cm³/mol. The molecule has 3 N–H and O–H groups in total. The third-order valence-electron chi connectivity index (χ3n) is 4.17. The van der Waals surface area contributed by atoms with Gasteiger partial charge in [0.25, 0.3) is 11.6 Å². The maximum Gasteiger partial charge on any atom is 0.293 e. The number of nitro groups is 1. The van der Waals surface area contributed by atoms with Crippen molar-refractivity contribution < 1.29 is 31.7 Å². The van der Waals surface area contributed by atoms with E-state index in [-0.39, 0.29) is 42.2 Å². The number of hydrogen-bond acceptors (Lipinski definition) is 7. The van der Waals surface area contributed by atoms with Crippen molar-refractivity contribution in [2.24, 2.45) is 0 Å². The fraction of sp³-hybridized carbons (Fsp3) is 0.263. The van der Waals surface area contributed by atoms with Crippen molar-refractivity contribution in [2.45, 2.75) is 11.3 Å². The van der Waals surface area contributed by atoms with Gasteiger partial charge in [0.15, 0.2) is 9.84 Å². The summed E-state index contributed by atoms with van der Waals surface area (Å²) >= 11 is 0. The summed E-state index contributed by atoms with van der Waals surface area (Å²) in [6, 6.07) is 5.96. The van der Waals surface area contributed by atoms with E-state index in [1.54, 1.807) is 0 Å². The van der Waals surface area contributed by atoms with E-state index in [1.165, 1.54) is 12.1 Å². The molecule has 0 aromatic heterocycles. The van der Waals surface area contributed by atoms with Crippen LogP contribution in [0.15, 0.2) is 41.3 Å². The van der Waals surface area contributed by atoms with Crippen LogP contribution >= 0.6 is 0 Å². The van der Waals surface area contributed by atoms with Gasteiger partial charge in [-0.3, -0.25) is 19.7 Å². The molecule has 0 unspecified atom stereocenters. The van der Waals surface area contributed by atoms with E-state index in [0.717, 1.165) is 24.5 Å². The van der Waals surface area contributed by atoms with E-state index >= 15 is 0 Å². The second-order valence-corrected chi connectivity index (χ2v) is 8.63. The largest absolute Gasteiger partial charge is 0.378 e. The van der Waals surface area contributed by atoms with Crippen LogP contribution in [0.5, 0.6) is 0 Å². The highest BCUT2D eigenvalue weighted by molar-refractivity contribution is 7.90. The zero-order valence-corrected chi connectivity index (χ0v) is 17.7. The Kier molecular flexibility index (Phi) is 8.18. The van der Waals surface area contributed by atoms with E-state index in [0.29, 0.717) is 6.07 Å². The molecule has 32 heavy (non-hydrogen) atoms. The topological polar surface area (TPSA) is 148 Å². The monoisotopic (exact) mass is 470 g/mol. The molecule has 0 heterocycles. The first-order valence-corrected chi connectivity index (χ1v) is 11.1. The lowest BCUT2D eigenvalue weighted by atomic mass is 10.2. The maximum absolute atomic E-state index is 13.5. The van der Waals surface area contributed by atoms with Crippen LogP contribution < -0.4 is 16.0 Å². The number of halogens is 2. The van der Waals surface area contributed by atoms with Crippen LogP contribution in [0, 0.1) is 21.7 Å². The SMILES string of the molecule is CS(=O)(=O)c1ccc(NCCNC(=O)CCNC(=O)c2ccc(F)cc2F)c([N+](=O)[O-])c1. The van der Waals surface area contributed by atoms with Gasteiger partial charge in [-0.05, 0) is 24.3 Å². The van der Waals surface area contributed by atoms with Crippen LogP contribution in [0.2, 0.25) is 0 Å². The Hall–Kier alpha value is -3.61. The molecule has 0 radical (unpaired) electrons. The zero-order chi connectivity index (χ0) is 23.9. The molecule has 0 fully saturated rings. The van der Waals surface area contributed by atoms with Crippen molar-refractivity contribution >= 4 is 33.0 Å². The molecule has 0 saturated carbocycles. The molecule has 0 bridgehead atoms.